The molecule has 66 heavy (non-hydrogen) atoms. The van der Waals surface area contributed by atoms with Gasteiger partial charge in [-0.3, -0.25) is 52.7 Å². The number of hydrogen-bond acceptors (Lipinski definition) is 11. The number of carboxylic acids is 3. The standard InChI is InChI=1S/C45H61N7O14/c1-6-7-17-28(37(60)39(46)61)48-41(63)30(22-26-14-9-8-10-15-26)51-44(66)38(45(3,4)5)52-43(65)31(23-27-16-12-11-13-25(27)2)50-40(62)29(18-20-34(54)55)49-42(64)32(24-36(58)59)47-33(53)19-21-35(56)57/h8-16,28-32,38H,6-7,17-24H2,1-5H3,(H2,46,61)(H,47,53)(H,48,63)(H,49,64)(H,50,62)(H,51,66)(H,52,65)(H,54,55)(H,56,57)(H,58,59)/t28-,29-,30-,31-,32-,38+/m0/s1. The predicted octanol–water partition coefficient (Wildman–Crippen LogP) is 0.184. The number of aryl methyl sites for hydroxylation is 1. The van der Waals surface area contributed by atoms with Crippen molar-refractivity contribution in [2.45, 2.75) is 135 Å². The van der Waals surface area contributed by atoms with Crippen LogP contribution in [0, 0.1) is 12.3 Å². The number of rotatable bonds is 28. The summed E-state index contributed by atoms with van der Waals surface area (Å²) >= 11 is 0. The third-order valence-corrected chi connectivity index (χ3v) is 10.2. The van der Waals surface area contributed by atoms with E-state index in [0.717, 1.165) is 0 Å². The normalized spacial score (nSPS) is 13.8. The Hall–Kier alpha value is -7.19. The predicted molar refractivity (Wildman–Crippen MR) is 236 cm³/mol. The molecule has 0 unspecified atom stereocenters. The molecular formula is C45H61N7O14. The van der Waals surface area contributed by atoms with E-state index in [1.807, 2.05) is 6.92 Å². The first-order valence-electron chi connectivity index (χ1n) is 21.3. The minimum atomic E-state index is -1.82. The molecule has 0 radical (unpaired) electrons. The van der Waals surface area contributed by atoms with Gasteiger partial charge in [0.25, 0.3) is 5.91 Å². The van der Waals surface area contributed by atoms with E-state index in [0.29, 0.717) is 29.5 Å². The Labute approximate surface area is 381 Å². The van der Waals surface area contributed by atoms with Gasteiger partial charge in [-0.2, -0.15) is 0 Å². The van der Waals surface area contributed by atoms with Gasteiger partial charge in [0, 0.05) is 25.7 Å². The number of ketones is 1. The molecule has 7 amide bonds. The number of hydrogen-bond donors (Lipinski definition) is 10. The molecule has 2 rings (SSSR count). The maximum atomic E-state index is 14.4. The highest BCUT2D eigenvalue weighted by molar-refractivity contribution is 6.37. The van der Waals surface area contributed by atoms with Crippen molar-refractivity contribution in [3.8, 4) is 0 Å². The molecule has 2 aromatic rings. The molecule has 0 aliphatic rings. The van der Waals surface area contributed by atoms with E-state index >= 15 is 0 Å². The van der Waals surface area contributed by atoms with Gasteiger partial charge in [0.2, 0.25) is 41.2 Å². The second kappa shape index (κ2) is 26.6. The van der Waals surface area contributed by atoms with Gasteiger partial charge in [-0.25, -0.2) is 0 Å². The fourth-order valence-electron chi connectivity index (χ4n) is 6.57. The molecule has 0 aliphatic carbocycles. The minimum Gasteiger partial charge on any atom is -0.481 e. The van der Waals surface area contributed by atoms with E-state index in [1.165, 1.54) is 0 Å². The van der Waals surface area contributed by atoms with Gasteiger partial charge in [-0.1, -0.05) is 95.1 Å². The van der Waals surface area contributed by atoms with Crippen LogP contribution in [0.1, 0.15) is 95.8 Å². The van der Waals surface area contributed by atoms with E-state index in [-0.39, 0.29) is 19.3 Å². The maximum Gasteiger partial charge on any atom is 0.305 e. The summed E-state index contributed by atoms with van der Waals surface area (Å²) in [7, 11) is 0. The number of benzene rings is 2. The zero-order valence-corrected chi connectivity index (χ0v) is 37.6. The number of carbonyl (C=O) groups is 11. The zero-order valence-electron chi connectivity index (χ0n) is 37.6. The van der Waals surface area contributed by atoms with Crippen LogP contribution in [0.4, 0.5) is 0 Å². The van der Waals surface area contributed by atoms with Gasteiger partial charge in [0.15, 0.2) is 0 Å². The number of Topliss-reactive ketones (excluding diaryl/α,β-unsaturated/α-hetero) is 1. The third kappa shape index (κ3) is 19.3. The molecule has 21 nitrogen and oxygen atoms in total. The van der Waals surface area contributed by atoms with Crippen LogP contribution >= 0.6 is 0 Å². The Morgan fingerprint density at radius 2 is 1.08 bits per heavy atom. The van der Waals surface area contributed by atoms with E-state index in [9.17, 15) is 63.0 Å². The molecule has 0 heterocycles. The van der Waals surface area contributed by atoms with E-state index < -0.39 is 139 Å². The first-order chi connectivity index (χ1) is 30.9. The van der Waals surface area contributed by atoms with Crippen LogP contribution in [0.25, 0.3) is 0 Å². The van der Waals surface area contributed by atoms with Crippen LogP contribution in [0.3, 0.4) is 0 Å². The lowest BCUT2D eigenvalue weighted by Crippen LogP contribution is -2.62. The Bertz CT molecular complexity index is 2090. The fourth-order valence-corrected chi connectivity index (χ4v) is 6.57. The van der Waals surface area contributed by atoms with Gasteiger partial charge in [-0.05, 0) is 41.9 Å². The molecule has 21 heteroatoms. The lowest BCUT2D eigenvalue weighted by molar-refractivity contribution is -0.142. The molecule has 0 fully saturated rings. The lowest BCUT2D eigenvalue weighted by atomic mass is 9.85. The second-order valence-corrected chi connectivity index (χ2v) is 16.8. The van der Waals surface area contributed by atoms with Crippen molar-refractivity contribution in [3.05, 3.63) is 71.3 Å². The molecule has 0 aliphatic heterocycles. The summed E-state index contributed by atoms with van der Waals surface area (Å²) in [6.45, 7) is 8.45. The number of carboxylic acid groups (broad SMARTS) is 3. The molecule has 11 N–H and O–H groups in total. The van der Waals surface area contributed by atoms with Gasteiger partial charge < -0.3 is 53.0 Å². The molecule has 360 valence electrons. The summed E-state index contributed by atoms with van der Waals surface area (Å²) in [5.74, 6) is -12.4. The second-order valence-electron chi connectivity index (χ2n) is 16.8. The van der Waals surface area contributed by atoms with Crippen molar-refractivity contribution in [3.63, 3.8) is 0 Å². The number of unbranched alkanes of at least 4 members (excludes halogenated alkanes) is 1. The Morgan fingerprint density at radius 3 is 1.64 bits per heavy atom. The monoisotopic (exact) mass is 923 g/mol. The van der Waals surface area contributed by atoms with Crippen LogP contribution in [0.15, 0.2) is 54.6 Å². The summed E-state index contributed by atoms with van der Waals surface area (Å²) in [6, 6.07) is 6.28. The molecule has 0 saturated heterocycles. The van der Waals surface area contributed by atoms with Crippen molar-refractivity contribution in [2.24, 2.45) is 11.1 Å². The van der Waals surface area contributed by atoms with Gasteiger partial charge >= 0.3 is 17.9 Å². The van der Waals surface area contributed by atoms with Crippen molar-refractivity contribution >= 4 is 65.0 Å². The molecule has 0 saturated carbocycles. The molecule has 6 atom stereocenters. The maximum absolute atomic E-state index is 14.4. The van der Waals surface area contributed by atoms with Gasteiger partial charge in [0.05, 0.1) is 18.9 Å². The van der Waals surface area contributed by atoms with E-state index in [1.54, 1.807) is 82.3 Å². The Morgan fingerprint density at radius 1 is 0.561 bits per heavy atom. The Balaban J connectivity index is 2.54. The first-order valence-corrected chi connectivity index (χ1v) is 21.3. The van der Waals surface area contributed by atoms with E-state index in [4.69, 9.17) is 10.8 Å². The zero-order chi connectivity index (χ0) is 49.7. The SMILES string of the molecule is CCCC[C@H](NC(=O)[C@H](Cc1ccccc1)NC(=O)[C@@H](NC(=O)[C@H](Cc1ccccc1C)NC(=O)[C@H](CCC(=O)O)NC(=O)[C@H](CC(=O)O)NC(=O)CCC(=O)O)C(C)(C)C)C(=O)C(N)=O. The number of nitrogens with two attached hydrogens (primary N) is 1. The van der Waals surface area contributed by atoms with Crippen LogP contribution in [-0.4, -0.2) is 117 Å². The molecular weight excluding hydrogens is 863 g/mol. The number of primary amides is 1. The van der Waals surface area contributed by atoms with Crippen LogP contribution < -0.4 is 37.6 Å². The molecule has 2 aromatic carbocycles. The topological polar surface area (TPSA) is 347 Å². The van der Waals surface area contributed by atoms with Crippen LogP contribution in [0.2, 0.25) is 0 Å². The number of amides is 7. The number of aliphatic carboxylic acids is 3. The highest BCUT2D eigenvalue weighted by Gasteiger charge is 2.39. The fraction of sp³-hybridized carbons (Fsp3) is 0.489. The minimum absolute atomic E-state index is 0.0801. The summed E-state index contributed by atoms with van der Waals surface area (Å²) < 4.78 is 0. The summed E-state index contributed by atoms with van der Waals surface area (Å²) in [5, 5.41) is 42.6. The lowest BCUT2D eigenvalue weighted by Gasteiger charge is -2.33. The van der Waals surface area contributed by atoms with Crippen molar-refractivity contribution in [1.82, 2.24) is 31.9 Å². The average Bonchev–Trinajstić information content (AvgIpc) is 3.23. The van der Waals surface area contributed by atoms with Crippen molar-refractivity contribution < 1.29 is 68.1 Å². The largest absolute Gasteiger partial charge is 0.481 e. The first kappa shape index (κ1) is 54.9. The summed E-state index contributed by atoms with van der Waals surface area (Å²) in [6.07, 6.45) is -2.59. The van der Waals surface area contributed by atoms with Gasteiger partial charge in [-0.15, -0.1) is 0 Å². The van der Waals surface area contributed by atoms with Crippen molar-refractivity contribution in [2.75, 3.05) is 0 Å². The van der Waals surface area contributed by atoms with Gasteiger partial charge in [0.1, 0.15) is 30.2 Å². The van der Waals surface area contributed by atoms with E-state index in [2.05, 4.69) is 31.9 Å². The summed E-state index contributed by atoms with van der Waals surface area (Å²) in [4.78, 5) is 141. The van der Waals surface area contributed by atoms with Crippen molar-refractivity contribution in [1.29, 1.82) is 0 Å². The molecule has 0 aromatic heterocycles. The molecule has 0 bridgehead atoms. The Kier molecular flexibility index (Phi) is 22.1. The third-order valence-electron chi connectivity index (χ3n) is 10.2. The number of nitrogens with one attached hydrogen (secondary N) is 6. The average molecular weight is 924 g/mol. The quantitative estimate of drug-likeness (QED) is 0.0510. The highest BCUT2D eigenvalue weighted by Crippen LogP contribution is 2.21. The molecule has 0 spiro atoms. The smallest absolute Gasteiger partial charge is 0.305 e. The highest BCUT2D eigenvalue weighted by atomic mass is 16.4. The van der Waals surface area contributed by atoms with Crippen LogP contribution in [0.5, 0.6) is 0 Å². The van der Waals surface area contributed by atoms with Crippen LogP contribution in [-0.2, 0) is 65.6 Å². The number of carbonyl (C=O) groups excluding carboxylic acids is 8. The summed E-state index contributed by atoms with van der Waals surface area (Å²) in [5.41, 5.74) is 6.06.